The molecular formula is C14H15ClN4O. The van der Waals surface area contributed by atoms with Crippen LogP contribution in [-0.4, -0.2) is 39.0 Å². The first-order chi connectivity index (χ1) is 9.60. The Bertz CT molecular complexity index is 720. The molecule has 1 aliphatic carbocycles. The van der Waals surface area contributed by atoms with Gasteiger partial charge in [0.2, 0.25) is 0 Å². The molecule has 1 N–H and O–H groups in total. The van der Waals surface area contributed by atoms with Crippen molar-refractivity contribution in [3.05, 3.63) is 34.9 Å². The van der Waals surface area contributed by atoms with Crippen LogP contribution in [0.4, 0.5) is 0 Å². The summed E-state index contributed by atoms with van der Waals surface area (Å²) in [6.07, 6.45) is 7.75. The second-order valence-corrected chi connectivity index (χ2v) is 5.25. The van der Waals surface area contributed by atoms with Crippen molar-refractivity contribution in [2.45, 2.75) is 25.5 Å². The Labute approximate surface area is 121 Å². The maximum Gasteiger partial charge on any atom is 0.146 e. The van der Waals surface area contributed by atoms with Crippen molar-refractivity contribution in [2.24, 2.45) is 4.99 Å². The molecule has 2 aromatic rings. The Morgan fingerprint density at radius 1 is 1.45 bits per heavy atom. The maximum absolute atomic E-state index is 9.67. The molecule has 2 heterocycles. The number of aliphatic hydroxyl groups excluding tert-OH is 1. The molecule has 0 aromatic carbocycles. The van der Waals surface area contributed by atoms with Crippen LogP contribution in [0.3, 0.4) is 0 Å². The third kappa shape index (κ3) is 2.13. The fourth-order valence-corrected chi connectivity index (χ4v) is 2.91. The number of aryl methyl sites for hydroxylation is 1. The third-order valence-electron chi connectivity index (χ3n) is 3.43. The van der Waals surface area contributed by atoms with E-state index in [1.54, 1.807) is 19.3 Å². The molecule has 2 aromatic heterocycles. The van der Waals surface area contributed by atoms with E-state index in [-0.39, 0.29) is 6.04 Å². The van der Waals surface area contributed by atoms with Crippen molar-refractivity contribution in [1.29, 1.82) is 0 Å². The standard InChI is InChI=1S/C14H15ClN4O/c1-8-17-13(15)12-9(6-16-2)7-19(14(12)18-8)10-3-4-11(20)5-10/h3-4,6-7,10-11,20H,5H2,1-2H3/t10-,11+/m0/s1. The molecule has 3 rings (SSSR count). The van der Waals surface area contributed by atoms with Crippen LogP contribution in [0.2, 0.25) is 5.15 Å². The minimum absolute atomic E-state index is 0.0804. The predicted octanol–water partition coefficient (Wildman–Crippen LogP) is 2.30. The molecular weight excluding hydrogens is 276 g/mol. The molecule has 0 unspecified atom stereocenters. The number of aliphatic hydroxyl groups is 1. The Hall–Kier alpha value is -1.72. The molecule has 0 amide bonds. The smallest absolute Gasteiger partial charge is 0.146 e. The van der Waals surface area contributed by atoms with Crippen molar-refractivity contribution < 1.29 is 5.11 Å². The van der Waals surface area contributed by atoms with Gasteiger partial charge >= 0.3 is 0 Å². The summed E-state index contributed by atoms with van der Waals surface area (Å²) in [6, 6.07) is 0.0804. The van der Waals surface area contributed by atoms with Gasteiger partial charge in [-0.2, -0.15) is 0 Å². The molecule has 0 saturated carbocycles. The molecule has 5 nitrogen and oxygen atoms in total. The Kier molecular flexibility index (Phi) is 3.31. The van der Waals surface area contributed by atoms with Gasteiger partial charge in [-0.25, -0.2) is 9.97 Å². The van der Waals surface area contributed by atoms with E-state index in [4.69, 9.17) is 11.6 Å². The van der Waals surface area contributed by atoms with Crippen molar-refractivity contribution in [1.82, 2.24) is 14.5 Å². The van der Waals surface area contributed by atoms with E-state index in [1.165, 1.54) is 0 Å². The zero-order valence-electron chi connectivity index (χ0n) is 11.3. The molecule has 0 saturated heterocycles. The monoisotopic (exact) mass is 290 g/mol. The van der Waals surface area contributed by atoms with Gasteiger partial charge in [-0.15, -0.1) is 0 Å². The Balaban J connectivity index is 2.24. The highest BCUT2D eigenvalue weighted by Crippen LogP contribution is 2.32. The average Bonchev–Trinajstić information content (AvgIpc) is 2.94. The lowest BCUT2D eigenvalue weighted by Gasteiger charge is -2.12. The largest absolute Gasteiger partial charge is 0.389 e. The van der Waals surface area contributed by atoms with E-state index in [1.807, 2.05) is 23.8 Å². The van der Waals surface area contributed by atoms with Crippen LogP contribution in [0.25, 0.3) is 11.0 Å². The number of halogens is 1. The van der Waals surface area contributed by atoms with Crippen LogP contribution < -0.4 is 0 Å². The summed E-state index contributed by atoms with van der Waals surface area (Å²) in [5.74, 6) is 0.629. The molecule has 1 aliphatic rings. The summed E-state index contributed by atoms with van der Waals surface area (Å²) in [6.45, 7) is 1.82. The van der Waals surface area contributed by atoms with Crippen molar-refractivity contribution in [3.63, 3.8) is 0 Å². The molecule has 104 valence electrons. The molecule has 0 spiro atoms. The lowest BCUT2D eigenvalue weighted by molar-refractivity contribution is 0.211. The number of aromatic nitrogens is 3. The van der Waals surface area contributed by atoms with Gasteiger partial charge in [0.1, 0.15) is 16.6 Å². The highest BCUT2D eigenvalue weighted by atomic mass is 35.5. The summed E-state index contributed by atoms with van der Waals surface area (Å²) in [7, 11) is 1.71. The van der Waals surface area contributed by atoms with Crippen LogP contribution in [0.5, 0.6) is 0 Å². The number of allylic oxidation sites excluding steroid dienone is 1. The number of aliphatic imine (C=N–C) groups is 1. The molecule has 20 heavy (non-hydrogen) atoms. The van der Waals surface area contributed by atoms with Gasteiger partial charge in [-0.3, -0.25) is 4.99 Å². The predicted molar refractivity (Wildman–Crippen MR) is 79.6 cm³/mol. The lowest BCUT2D eigenvalue weighted by atomic mass is 10.2. The number of nitrogens with zero attached hydrogens (tertiary/aromatic N) is 4. The molecule has 0 aliphatic heterocycles. The molecule has 0 fully saturated rings. The van der Waals surface area contributed by atoms with E-state index < -0.39 is 6.10 Å². The number of rotatable bonds is 2. The van der Waals surface area contributed by atoms with Gasteiger partial charge in [0.15, 0.2) is 0 Å². The summed E-state index contributed by atoms with van der Waals surface area (Å²) in [5, 5.41) is 10.9. The topological polar surface area (TPSA) is 63.3 Å². The Morgan fingerprint density at radius 2 is 2.25 bits per heavy atom. The van der Waals surface area contributed by atoms with Gasteiger partial charge < -0.3 is 9.67 Å². The zero-order valence-corrected chi connectivity index (χ0v) is 12.0. The van der Waals surface area contributed by atoms with Crippen LogP contribution in [0.15, 0.2) is 23.3 Å². The fourth-order valence-electron chi connectivity index (χ4n) is 2.59. The van der Waals surface area contributed by atoms with Gasteiger partial charge in [0, 0.05) is 31.4 Å². The number of hydrogen-bond acceptors (Lipinski definition) is 4. The first kappa shape index (κ1) is 13.3. The van der Waals surface area contributed by atoms with E-state index in [2.05, 4.69) is 15.0 Å². The summed E-state index contributed by atoms with van der Waals surface area (Å²) >= 11 is 6.26. The van der Waals surface area contributed by atoms with E-state index in [0.717, 1.165) is 16.6 Å². The fraction of sp³-hybridized carbons (Fsp3) is 0.357. The maximum atomic E-state index is 9.67. The highest BCUT2D eigenvalue weighted by Gasteiger charge is 2.23. The van der Waals surface area contributed by atoms with Crippen LogP contribution in [-0.2, 0) is 0 Å². The van der Waals surface area contributed by atoms with Gasteiger partial charge in [0.05, 0.1) is 17.5 Å². The molecule has 6 heteroatoms. The SMILES string of the molecule is CN=Cc1cn([C@H]2C=C[C@@H](O)C2)c2nc(C)nc(Cl)c12. The lowest BCUT2D eigenvalue weighted by Crippen LogP contribution is -2.08. The minimum atomic E-state index is -0.404. The summed E-state index contributed by atoms with van der Waals surface area (Å²) in [5.41, 5.74) is 1.67. The van der Waals surface area contributed by atoms with E-state index in [0.29, 0.717) is 17.4 Å². The normalized spacial score (nSPS) is 22.4. The molecule has 0 bridgehead atoms. The van der Waals surface area contributed by atoms with E-state index >= 15 is 0 Å². The highest BCUT2D eigenvalue weighted by molar-refractivity contribution is 6.35. The van der Waals surface area contributed by atoms with Crippen molar-refractivity contribution in [3.8, 4) is 0 Å². The van der Waals surface area contributed by atoms with Crippen LogP contribution >= 0.6 is 11.6 Å². The van der Waals surface area contributed by atoms with Gasteiger partial charge in [-0.05, 0) is 6.92 Å². The zero-order chi connectivity index (χ0) is 14.3. The van der Waals surface area contributed by atoms with E-state index in [9.17, 15) is 5.11 Å². The minimum Gasteiger partial charge on any atom is -0.389 e. The summed E-state index contributed by atoms with van der Waals surface area (Å²) < 4.78 is 2.03. The van der Waals surface area contributed by atoms with Crippen molar-refractivity contribution in [2.75, 3.05) is 7.05 Å². The van der Waals surface area contributed by atoms with Crippen molar-refractivity contribution >= 4 is 28.8 Å². The average molecular weight is 291 g/mol. The Morgan fingerprint density at radius 3 is 2.90 bits per heavy atom. The molecule has 0 radical (unpaired) electrons. The summed E-state index contributed by atoms with van der Waals surface area (Å²) in [4.78, 5) is 12.8. The number of fused-ring (bicyclic) bond motifs is 1. The van der Waals surface area contributed by atoms with Crippen LogP contribution in [0.1, 0.15) is 23.9 Å². The molecule has 2 atom stereocenters. The second-order valence-electron chi connectivity index (χ2n) is 4.89. The third-order valence-corrected chi connectivity index (χ3v) is 3.71. The quantitative estimate of drug-likeness (QED) is 0.524. The van der Waals surface area contributed by atoms with Gasteiger partial charge in [0.25, 0.3) is 0 Å². The van der Waals surface area contributed by atoms with Crippen LogP contribution in [0, 0.1) is 6.92 Å². The first-order valence-electron chi connectivity index (χ1n) is 6.43. The second kappa shape index (κ2) is 5.00. The number of hydrogen-bond donors (Lipinski definition) is 1. The first-order valence-corrected chi connectivity index (χ1v) is 6.81. The van der Waals surface area contributed by atoms with Gasteiger partial charge in [-0.1, -0.05) is 23.8 Å².